The molecule has 3 aromatic rings. The molecule has 3 aromatic heterocycles. The Labute approximate surface area is 259 Å². The average Bonchev–Trinajstić information content (AvgIpc) is 3.57. The molecule has 0 radical (unpaired) electrons. The first-order chi connectivity index (χ1) is 21.9. The summed E-state index contributed by atoms with van der Waals surface area (Å²) in [5.41, 5.74) is -2.52. The Balaban J connectivity index is 1.44. The second kappa shape index (κ2) is 12.9. The monoisotopic (exact) mass is 686 g/mol. The highest BCUT2D eigenvalue weighted by Crippen LogP contribution is 2.43. The third kappa shape index (κ3) is 8.48. The lowest BCUT2D eigenvalue weighted by atomic mass is 9.81. The Morgan fingerprint density at radius 2 is 1.64 bits per heavy atom. The lowest BCUT2D eigenvalue weighted by Crippen LogP contribution is -2.38. The lowest BCUT2D eigenvalue weighted by molar-refractivity contribution is -0.145. The van der Waals surface area contributed by atoms with E-state index in [0.717, 1.165) is 0 Å². The van der Waals surface area contributed by atoms with Gasteiger partial charge in [0.25, 0.3) is 12.3 Å². The van der Waals surface area contributed by atoms with E-state index in [2.05, 4.69) is 31.0 Å². The summed E-state index contributed by atoms with van der Waals surface area (Å²) in [6, 6.07) is -0.428. The maximum Gasteiger partial charge on any atom is 0.435 e. The maximum absolute atomic E-state index is 14.0. The number of hydrogen-bond acceptors (Lipinski definition) is 6. The number of nitrogens with zero attached hydrogens (tertiary/aromatic N) is 6. The summed E-state index contributed by atoms with van der Waals surface area (Å²) in [5.74, 6) is -6.06. The lowest BCUT2D eigenvalue weighted by Gasteiger charge is -2.33. The van der Waals surface area contributed by atoms with Gasteiger partial charge in [-0.2, -0.15) is 31.4 Å². The highest BCUT2D eigenvalue weighted by atomic mass is 19.4. The Kier molecular flexibility index (Phi) is 9.42. The number of rotatable bonds is 11. The molecular formula is C27H28F10N8O2. The van der Waals surface area contributed by atoms with Crippen LogP contribution in [-0.2, 0) is 17.5 Å². The minimum Gasteiger partial charge on any atom is -0.349 e. The molecule has 2 amide bonds. The molecule has 2 fully saturated rings. The van der Waals surface area contributed by atoms with Gasteiger partial charge in [0.15, 0.2) is 17.0 Å². The van der Waals surface area contributed by atoms with Gasteiger partial charge in [0, 0.05) is 19.3 Å². The zero-order chi connectivity index (χ0) is 34.3. The van der Waals surface area contributed by atoms with Crippen molar-refractivity contribution in [3.8, 4) is 0 Å². The van der Waals surface area contributed by atoms with E-state index >= 15 is 0 Å². The molecule has 2 aliphatic carbocycles. The zero-order valence-corrected chi connectivity index (χ0v) is 24.3. The zero-order valence-electron chi connectivity index (χ0n) is 24.3. The van der Waals surface area contributed by atoms with Gasteiger partial charge in [0.1, 0.15) is 6.54 Å². The molecule has 258 valence electrons. The van der Waals surface area contributed by atoms with Crippen molar-refractivity contribution in [1.82, 2.24) is 40.2 Å². The number of fused-ring (bicyclic) bond motifs is 1. The highest BCUT2D eigenvalue weighted by Gasteiger charge is 2.44. The molecule has 20 heteroatoms. The van der Waals surface area contributed by atoms with Crippen LogP contribution in [-0.4, -0.2) is 59.9 Å². The summed E-state index contributed by atoms with van der Waals surface area (Å²) in [5, 5.41) is 15.5. The summed E-state index contributed by atoms with van der Waals surface area (Å²) in [6.07, 6.45) is -12.5. The molecule has 1 unspecified atom stereocenters. The van der Waals surface area contributed by atoms with E-state index in [1.807, 2.05) is 0 Å². The van der Waals surface area contributed by atoms with Crippen LogP contribution in [0.5, 0.6) is 0 Å². The van der Waals surface area contributed by atoms with E-state index in [1.54, 1.807) is 0 Å². The van der Waals surface area contributed by atoms with Crippen LogP contribution in [0, 0.1) is 11.8 Å². The SMILES string of the molecule is O=C(CCC(F)(F)F)NC(c1cnn2cc([C@@H](NC(=O)c3nnn(CC(F)F)c3C(F)(F)F)C3CCC(F)(F)CC3)nc2c1)C1CC1. The summed E-state index contributed by atoms with van der Waals surface area (Å²) in [4.78, 5) is 29.9. The largest absolute Gasteiger partial charge is 0.435 e. The number of alkyl halides is 10. The van der Waals surface area contributed by atoms with Gasteiger partial charge in [0.2, 0.25) is 11.8 Å². The summed E-state index contributed by atoms with van der Waals surface area (Å²) in [6.45, 7) is -1.48. The van der Waals surface area contributed by atoms with Gasteiger partial charge < -0.3 is 10.6 Å². The first-order valence-corrected chi connectivity index (χ1v) is 14.6. The van der Waals surface area contributed by atoms with Gasteiger partial charge in [-0.3, -0.25) is 9.59 Å². The van der Waals surface area contributed by atoms with E-state index in [1.165, 1.54) is 23.0 Å². The normalized spacial score (nSPS) is 18.8. The number of hydrogen-bond donors (Lipinski definition) is 2. The molecule has 2 atom stereocenters. The van der Waals surface area contributed by atoms with Crippen LogP contribution in [0.15, 0.2) is 18.5 Å². The van der Waals surface area contributed by atoms with Crippen molar-refractivity contribution in [2.75, 3.05) is 0 Å². The number of carbonyl (C=O) groups excluding carboxylic acids is 2. The second-order valence-electron chi connectivity index (χ2n) is 11.8. The van der Waals surface area contributed by atoms with Crippen LogP contribution in [0.1, 0.15) is 90.9 Å². The Morgan fingerprint density at radius 3 is 2.23 bits per heavy atom. The Morgan fingerprint density at radius 1 is 0.979 bits per heavy atom. The summed E-state index contributed by atoms with van der Waals surface area (Å²) >= 11 is 0. The van der Waals surface area contributed by atoms with Crippen molar-refractivity contribution in [2.24, 2.45) is 11.8 Å². The Hall–Kier alpha value is -4.00. The third-order valence-corrected chi connectivity index (χ3v) is 8.13. The van der Waals surface area contributed by atoms with Crippen LogP contribution < -0.4 is 10.6 Å². The molecule has 0 aromatic carbocycles. The van der Waals surface area contributed by atoms with Crippen LogP contribution in [0.2, 0.25) is 0 Å². The smallest absolute Gasteiger partial charge is 0.349 e. The van der Waals surface area contributed by atoms with Crippen LogP contribution in [0.4, 0.5) is 43.9 Å². The predicted molar refractivity (Wildman–Crippen MR) is 140 cm³/mol. The summed E-state index contributed by atoms with van der Waals surface area (Å²) in [7, 11) is 0. The number of imidazole rings is 1. The molecular weight excluding hydrogens is 658 g/mol. The third-order valence-electron chi connectivity index (χ3n) is 8.13. The van der Waals surface area contributed by atoms with Crippen molar-refractivity contribution >= 4 is 17.5 Å². The van der Waals surface area contributed by atoms with Gasteiger partial charge in [-0.05, 0) is 49.1 Å². The molecule has 47 heavy (non-hydrogen) atoms. The van der Waals surface area contributed by atoms with Crippen molar-refractivity contribution in [3.05, 3.63) is 41.1 Å². The molecule has 0 spiro atoms. The highest BCUT2D eigenvalue weighted by molar-refractivity contribution is 5.93. The van der Waals surface area contributed by atoms with Crippen molar-refractivity contribution in [2.45, 2.75) is 94.7 Å². The molecule has 0 bridgehead atoms. The van der Waals surface area contributed by atoms with Crippen molar-refractivity contribution in [3.63, 3.8) is 0 Å². The van der Waals surface area contributed by atoms with Gasteiger partial charge in [-0.25, -0.2) is 31.7 Å². The van der Waals surface area contributed by atoms with E-state index in [-0.39, 0.29) is 34.8 Å². The molecule has 10 nitrogen and oxygen atoms in total. The van der Waals surface area contributed by atoms with Gasteiger partial charge in [-0.1, -0.05) is 5.21 Å². The predicted octanol–water partition coefficient (Wildman–Crippen LogP) is 5.81. The van der Waals surface area contributed by atoms with Gasteiger partial charge >= 0.3 is 12.4 Å². The number of carbonyl (C=O) groups is 2. The molecule has 2 aliphatic rings. The second-order valence-corrected chi connectivity index (χ2v) is 11.8. The van der Waals surface area contributed by atoms with E-state index < -0.39 is 98.1 Å². The van der Waals surface area contributed by atoms with Crippen LogP contribution >= 0.6 is 0 Å². The number of nitrogens with one attached hydrogen (secondary N) is 2. The number of amides is 2. The Bertz CT molecular complexity index is 1590. The standard InChI is InChI=1S/C27H28F10N8O2/c28-17(29)12-45-23(27(35,36)37)22(42-43-45)24(47)41-21(14-3-6-25(30,31)7-4-14)16-11-44-18(39-16)9-15(10-38-44)20(13-1-2-13)40-19(46)5-8-26(32,33)34/h9-11,13-14,17,20-21H,1-8,12H2,(H,40,46)(H,41,47)/t20?,21-/m0/s1. The van der Waals surface area contributed by atoms with E-state index in [9.17, 15) is 53.5 Å². The number of halogens is 10. The fourth-order valence-corrected chi connectivity index (χ4v) is 5.68. The molecule has 3 heterocycles. The topological polar surface area (TPSA) is 119 Å². The first kappa shape index (κ1) is 34.3. The van der Waals surface area contributed by atoms with E-state index in [4.69, 9.17) is 0 Å². The van der Waals surface area contributed by atoms with Crippen LogP contribution in [0.25, 0.3) is 5.65 Å². The van der Waals surface area contributed by atoms with Crippen molar-refractivity contribution in [1.29, 1.82) is 0 Å². The van der Waals surface area contributed by atoms with Crippen molar-refractivity contribution < 1.29 is 53.5 Å². The van der Waals surface area contributed by atoms with E-state index in [0.29, 0.717) is 18.4 Å². The molecule has 0 aliphatic heterocycles. The quantitative estimate of drug-likeness (QED) is 0.246. The van der Waals surface area contributed by atoms with Crippen LogP contribution in [0.3, 0.4) is 0 Å². The molecule has 0 saturated heterocycles. The molecule has 2 saturated carbocycles. The van der Waals surface area contributed by atoms with Gasteiger partial charge in [0.05, 0.1) is 36.6 Å². The van der Waals surface area contributed by atoms with Gasteiger partial charge in [-0.15, -0.1) is 5.10 Å². The fraction of sp³-hybridized carbons (Fsp3) is 0.630. The number of aromatic nitrogens is 6. The first-order valence-electron chi connectivity index (χ1n) is 14.6. The maximum atomic E-state index is 14.0. The minimum atomic E-state index is -5.29. The molecule has 5 rings (SSSR count). The summed E-state index contributed by atoms with van der Waals surface area (Å²) < 4.78 is 134. The average molecular weight is 687 g/mol. The minimum absolute atomic E-state index is 0.0314. The molecule has 2 N–H and O–H groups in total. The fourth-order valence-electron chi connectivity index (χ4n) is 5.68.